The normalized spacial score (nSPS) is 11.8. The fourth-order valence-electron chi connectivity index (χ4n) is 6.42. The maximum Gasteiger partial charge on any atom is 0.296 e. The summed E-state index contributed by atoms with van der Waals surface area (Å²) in [5.74, 6) is -2.50. The van der Waals surface area contributed by atoms with Crippen LogP contribution in [0, 0.1) is 20.2 Å². The van der Waals surface area contributed by atoms with Gasteiger partial charge in [0.1, 0.15) is 43.2 Å². The van der Waals surface area contributed by atoms with Crippen LogP contribution in [0.3, 0.4) is 0 Å². The molecule has 37 heteroatoms. The van der Waals surface area contributed by atoms with Crippen molar-refractivity contribution in [1.82, 2.24) is 0 Å². The summed E-state index contributed by atoms with van der Waals surface area (Å²) in [4.78, 5) is 16.9. The van der Waals surface area contributed by atoms with Gasteiger partial charge in [0, 0.05) is 166 Å². The van der Waals surface area contributed by atoms with E-state index in [0.29, 0.717) is 30.3 Å². The van der Waals surface area contributed by atoms with Crippen molar-refractivity contribution in [2.24, 2.45) is 30.7 Å². The Kier molecular flexibility index (Phi) is 22.7. The quantitative estimate of drug-likeness (QED) is 0.0145. The van der Waals surface area contributed by atoms with Crippen molar-refractivity contribution >= 4 is 238 Å². The molecule has 4 radical (unpaired) electrons. The van der Waals surface area contributed by atoms with E-state index in [4.69, 9.17) is 0 Å². The van der Waals surface area contributed by atoms with Crippen molar-refractivity contribution in [3.8, 4) is 17.2 Å². The summed E-state index contributed by atoms with van der Waals surface area (Å²) >= 11 is 0. The summed E-state index contributed by atoms with van der Waals surface area (Å²) in [6.07, 6.45) is 0. The minimum absolute atomic E-state index is 0. The van der Waals surface area contributed by atoms with Gasteiger partial charge in [-0.15, -0.1) is 20.5 Å². The van der Waals surface area contributed by atoms with E-state index >= 15 is 0 Å². The van der Waals surface area contributed by atoms with Crippen LogP contribution in [0.25, 0.3) is 10.8 Å². The Morgan fingerprint density at radius 3 is 1.23 bits per heavy atom. The van der Waals surface area contributed by atoms with Gasteiger partial charge in [-0.25, -0.2) is 0 Å². The molecule has 29 nitrogen and oxygen atoms in total. The summed E-state index contributed by atoms with van der Waals surface area (Å²) in [5, 5.41) is 82.7. The molecule has 0 unspecified atom stereocenters. The molecule has 0 amide bonds. The molecule has 0 aliphatic heterocycles. The van der Waals surface area contributed by atoms with E-state index in [1.807, 2.05) is 0 Å². The second-order valence-corrected chi connectivity index (χ2v) is 20.3. The number of nitrogens with one attached hydrogen (secondary N) is 2. The first-order chi connectivity index (χ1) is 34.1. The molecule has 0 fully saturated rings. The number of azo groups is 3. The number of fused-ring (bicyclic) bond motifs is 1. The Balaban J connectivity index is 0.00000390. The molecule has 0 aliphatic rings. The van der Waals surface area contributed by atoms with Gasteiger partial charge in [0.05, 0.1) is 48.6 Å². The molecule has 0 heterocycles. The first kappa shape index (κ1) is 66.3. The standard InChI is InChI=1S/C40H28N10O19S4.4Na/c51-33-19-34(52)31(18-30(33)45-43-23-5-1-21(2-6-23)41-28-11-9-25(49(54)55)15-35(28)71(61,62)63)46-47-32-17-27(70(58,59)60)13-20-14-37(73(67,68)69)39(40(53)38(20)32)48-44-24-7-3-22(4-8-24)42-29-12-10-26(50(56)57)16-36(29)72(64,65)66;;;;/h1-19,41-42,51-53H,(H,58,59,60)(H,61,62,63)(H,64,65,66)(H,67,68,69);;;;. The maximum atomic E-state index is 12.6. The van der Waals surface area contributed by atoms with Gasteiger partial charge in [-0.1, -0.05) is 0 Å². The molecule has 0 aromatic heterocycles. The molecule has 0 atom stereocenters. The molecule has 7 aromatic rings. The molecule has 9 N–H and O–H groups in total. The van der Waals surface area contributed by atoms with Crippen molar-refractivity contribution in [3.63, 3.8) is 0 Å². The Morgan fingerprint density at radius 1 is 0.429 bits per heavy atom. The van der Waals surface area contributed by atoms with Crippen LogP contribution < -0.4 is 10.6 Å². The number of nitro benzene ring substituents is 2. The van der Waals surface area contributed by atoms with Crippen LogP contribution in [0.4, 0.5) is 68.2 Å². The van der Waals surface area contributed by atoms with E-state index in [1.165, 1.54) is 48.5 Å². The van der Waals surface area contributed by atoms with Crippen LogP contribution in [0.15, 0.2) is 166 Å². The molecule has 7 rings (SSSR count). The van der Waals surface area contributed by atoms with Crippen LogP contribution in [0.1, 0.15) is 0 Å². The third-order valence-electron chi connectivity index (χ3n) is 9.75. The van der Waals surface area contributed by atoms with E-state index < -0.39 is 126 Å². The molecule has 380 valence electrons. The summed E-state index contributed by atoms with van der Waals surface area (Å²) in [6, 6.07) is 19.6. The zero-order valence-electron chi connectivity index (χ0n) is 39.7. The predicted molar refractivity (Wildman–Crippen MR) is 276 cm³/mol. The summed E-state index contributed by atoms with van der Waals surface area (Å²) in [5.41, 5.74) is -3.71. The summed E-state index contributed by atoms with van der Waals surface area (Å²) in [7, 11) is -20.3. The Bertz CT molecular complexity index is 4030. The summed E-state index contributed by atoms with van der Waals surface area (Å²) in [6.45, 7) is 0. The van der Waals surface area contributed by atoms with E-state index in [1.54, 1.807) is 0 Å². The van der Waals surface area contributed by atoms with Gasteiger partial charge in [-0.3, -0.25) is 38.4 Å². The van der Waals surface area contributed by atoms with Crippen molar-refractivity contribution < 1.29 is 77.0 Å². The zero-order valence-corrected chi connectivity index (χ0v) is 51.0. The number of anilines is 4. The molecule has 0 saturated carbocycles. The number of rotatable bonds is 16. The van der Waals surface area contributed by atoms with E-state index in [0.717, 1.165) is 36.4 Å². The number of aromatic hydroxyl groups is 3. The summed E-state index contributed by atoms with van der Waals surface area (Å²) < 4.78 is 137. The van der Waals surface area contributed by atoms with E-state index in [9.17, 15) is 87.4 Å². The van der Waals surface area contributed by atoms with Crippen LogP contribution in [0.5, 0.6) is 17.2 Å². The van der Waals surface area contributed by atoms with Crippen LogP contribution in [-0.4, -0.2) is 195 Å². The number of phenolic OH excluding ortho intramolecular Hbond substituents is 3. The van der Waals surface area contributed by atoms with Crippen molar-refractivity contribution in [3.05, 3.63) is 135 Å². The Hall–Kier alpha value is -4.96. The van der Waals surface area contributed by atoms with Gasteiger partial charge in [0.15, 0.2) is 5.75 Å². The minimum atomic E-state index is -5.33. The minimum Gasteiger partial charge on any atom is -0.505 e. The topological polar surface area (TPSA) is 463 Å². The maximum absolute atomic E-state index is 12.6. The van der Waals surface area contributed by atoms with Gasteiger partial charge in [0.25, 0.3) is 51.8 Å². The van der Waals surface area contributed by atoms with Crippen molar-refractivity contribution in [1.29, 1.82) is 0 Å². The first-order valence-corrected chi connectivity index (χ1v) is 25.2. The van der Waals surface area contributed by atoms with Crippen molar-refractivity contribution in [2.45, 2.75) is 19.6 Å². The molecular weight excluding hydrogens is 1140 g/mol. The van der Waals surface area contributed by atoms with E-state index in [2.05, 4.69) is 41.3 Å². The number of phenols is 3. The molecule has 7 aromatic carbocycles. The van der Waals surface area contributed by atoms with Crippen LogP contribution in [0.2, 0.25) is 0 Å². The second kappa shape index (κ2) is 26.3. The van der Waals surface area contributed by atoms with Gasteiger partial charge in [0.2, 0.25) is 0 Å². The first-order valence-electron chi connectivity index (χ1n) is 19.4. The average molecular weight is 1170 g/mol. The average Bonchev–Trinajstić information content (AvgIpc) is 3.30. The SMILES string of the molecule is O=[N+]([O-])c1ccc(Nc2ccc(N=Nc3cc(N=Nc4cc(S(=O)(=O)O)cc5cc(S(=O)(=O)O)c(N=Nc6ccc(Nc7ccc([N+](=O)[O-])cc7S(=O)(=O)O)cc6)c(O)c45)c(O)cc3O)cc2)c(S(=O)(=O)O)c1.[Na].[Na].[Na].[Na]. The second-order valence-electron chi connectivity index (χ2n) is 14.7. The molecular formula is C40H28N10Na4O19S4. The molecule has 0 saturated heterocycles. The number of non-ortho nitro benzene ring substituents is 2. The molecule has 0 bridgehead atoms. The van der Waals surface area contributed by atoms with Gasteiger partial charge in [-0.05, 0) is 84.2 Å². The number of benzene rings is 7. The molecule has 0 aliphatic carbocycles. The Morgan fingerprint density at radius 2 is 0.831 bits per heavy atom. The predicted octanol–water partition coefficient (Wildman–Crippen LogP) is 7.97. The third kappa shape index (κ3) is 16.3. The smallest absolute Gasteiger partial charge is 0.296 e. The number of hydrogen-bond donors (Lipinski definition) is 9. The van der Waals surface area contributed by atoms with Gasteiger partial charge in [-0.2, -0.15) is 43.9 Å². The zero-order chi connectivity index (χ0) is 53.4. The van der Waals surface area contributed by atoms with E-state index in [-0.39, 0.29) is 158 Å². The van der Waals surface area contributed by atoms with Crippen LogP contribution >= 0.6 is 0 Å². The molecule has 77 heavy (non-hydrogen) atoms. The number of hydrogen-bond acceptors (Lipinski definition) is 23. The van der Waals surface area contributed by atoms with Crippen LogP contribution in [-0.2, 0) is 40.5 Å². The largest absolute Gasteiger partial charge is 0.505 e. The van der Waals surface area contributed by atoms with Crippen molar-refractivity contribution in [2.75, 3.05) is 10.6 Å². The fraction of sp³-hybridized carbons (Fsp3) is 0. The fourth-order valence-corrected chi connectivity index (χ4v) is 8.95. The Labute approximate surface area is 522 Å². The molecule has 0 spiro atoms. The third-order valence-corrected chi connectivity index (χ3v) is 13.2. The number of nitrogens with zero attached hydrogens (tertiary/aromatic N) is 8. The monoisotopic (exact) mass is 1170 g/mol. The number of nitro groups is 2. The van der Waals surface area contributed by atoms with Gasteiger partial charge >= 0.3 is 0 Å². The van der Waals surface area contributed by atoms with Gasteiger partial charge < -0.3 is 26.0 Å².